The molecule has 3 heteroatoms. The summed E-state index contributed by atoms with van der Waals surface area (Å²) in [5.41, 5.74) is 0.322. The number of benzene rings is 1. The molecule has 0 amide bonds. The Morgan fingerprint density at radius 2 is 1.74 bits per heavy atom. The minimum Gasteiger partial charge on any atom is -0.411 e. The Morgan fingerprint density at radius 3 is 2.42 bits per heavy atom. The minimum absolute atomic E-state index is 0.543. The van der Waals surface area contributed by atoms with Gasteiger partial charge in [-0.25, -0.2) is 0 Å². The standard InChI is InChI=1S/C16H21NO2/c18-16(14-8-2-1-3-9-14)11-13-7-5-4-6-12(13)10-15(16)17-19/h1-3,8-9,12-13,18-19H,4-7,10-11H2/b17-15-/t12-,13+,16+/m1/s1. The highest BCUT2D eigenvalue weighted by molar-refractivity contribution is 5.93. The molecule has 0 bridgehead atoms. The van der Waals surface area contributed by atoms with Crippen LogP contribution in [0.25, 0.3) is 0 Å². The normalized spacial score (nSPS) is 37.0. The van der Waals surface area contributed by atoms with Crippen LogP contribution < -0.4 is 0 Å². The first kappa shape index (κ1) is 12.7. The van der Waals surface area contributed by atoms with Gasteiger partial charge >= 0.3 is 0 Å². The molecule has 3 nitrogen and oxygen atoms in total. The summed E-state index contributed by atoms with van der Waals surface area (Å²) in [5.74, 6) is 1.15. The van der Waals surface area contributed by atoms with E-state index in [9.17, 15) is 10.3 Å². The number of oxime groups is 1. The van der Waals surface area contributed by atoms with Gasteiger partial charge in [0, 0.05) is 0 Å². The number of nitrogens with zero attached hydrogens (tertiary/aromatic N) is 1. The van der Waals surface area contributed by atoms with Gasteiger partial charge in [-0.05, 0) is 36.7 Å². The van der Waals surface area contributed by atoms with Crippen LogP contribution in [0.1, 0.15) is 44.1 Å². The summed E-state index contributed by atoms with van der Waals surface area (Å²) < 4.78 is 0. The van der Waals surface area contributed by atoms with Gasteiger partial charge in [0.15, 0.2) is 0 Å². The van der Waals surface area contributed by atoms with Crippen LogP contribution in [0.2, 0.25) is 0 Å². The van der Waals surface area contributed by atoms with Crippen LogP contribution in [0.4, 0.5) is 0 Å². The van der Waals surface area contributed by atoms with Gasteiger partial charge in [-0.1, -0.05) is 54.8 Å². The molecule has 2 aliphatic rings. The van der Waals surface area contributed by atoms with Crippen molar-refractivity contribution in [3.8, 4) is 0 Å². The lowest BCUT2D eigenvalue weighted by atomic mass is 9.63. The van der Waals surface area contributed by atoms with Crippen molar-refractivity contribution in [3.05, 3.63) is 35.9 Å². The molecule has 0 unspecified atom stereocenters. The minimum atomic E-state index is -1.07. The molecule has 0 heterocycles. The van der Waals surface area contributed by atoms with E-state index in [1.165, 1.54) is 25.7 Å². The van der Waals surface area contributed by atoms with Crippen LogP contribution >= 0.6 is 0 Å². The Hall–Kier alpha value is -1.35. The summed E-state index contributed by atoms with van der Waals surface area (Å²) in [6, 6.07) is 9.64. The van der Waals surface area contributed by atoms with Crippen molar-refractivity contribution in [3.63, 3.8) is 0 Å². The molecule has 19 heavy (non-hydrogen) atoms. The molecular formula is C16H21NO2. The van der Waals surface area contributed by atoms with Crippen LogP contribution in [-0.4, -0.2) is 16.0 Å². The van der Waals surface area contributed by atoms with Gasteiger partial charge in [-0.2, -0.15) is 0 Å². The van der Waals surface area contributed by atoms with Gasteiger partial charge < -0.3 is 10.3 Å². The van der Waals surface area contributed by atoms with Crippen molar-refractivity contribution in [1.29, 1.82) is 0 Å². The monoisotopic (exact) mass is 259 g/mol. The second kappa shape index (κ2) is 4.97. The van der Waals surface area contributed by atoms with Gasteiger partial charge in [-0.3, -0.25) is 0 Å². The van der Waals surface area contributed by atoms with E-state index in [4.69, 9.17) is 0 Å². The van der Waals surface area contributed by atoms with E-state index >= 15 is 0 Å². The molecule has 0 aromatic heterocycles. The molecule has 3 rings (SSSR count). The van der Waals surface area contributed by atoms with Crippen molar-refractivity contribution in [2.75, 3.05) is 0 Å². The van der Waals surface area contributed by atoms with Crippen LogP contribution in [0.3, 0.4) is 0 Å². The van der Waals surface area contributed by atoms with Gasteiger partial charge in [-0.15, -0.1) is 0 Å². The van der Waals surface area contributed by atoms with Gasteiger partial charge in [0.25, 0.3) is 0 Å². The van der Waals surface area contributed by atoms with Gasteiger partial charge in [0.2, 0.25) is 0 Å². The summed E-state index contributed by atoms with van der Waals surface area (Å²) in [7, 11) is 0. The predicted octanol–water partition coefficient (Wildman–Crippen LogP) is 3.30. The largest absolute Gasteiger partial charge is 0.411 e. The van der Waals surface area contributed by atoms with E-state index in [1.807, 2.05) is 30.3 Å². The molecule has 2 fully saturated rings. The predicted molar refractivity (Wildman–Crippen MR) is 74.2 cm³/mol. The summed E-state index contributed by atoms with van der Waals surface area (Å²) in [6.07, 6.45) is 6.35. The van der Waals surface area contributed by atoms with Crippen LogP contribution in [0, 0.1) is 11.8 Å². The lowest BCUT2D eigenvalue weighted by molar-refractivity contribution is 0.0305. The smallest absolute Gasteiger partial charge is 0.131 e. The first-order valence-corrected chi connectivity index (χ1v) is 7.23. The lowest BCUT2D eigenvalue weighted by Gasteiger charge is -2.44. The van der Waals surface area contributed by atoms with Crippen molar-refractivity contribution in [1.82, 2.24) is 0 Å². The highest BCUT2D eigenvalue weighted by Gasteiger charge is 2.46. The molecule has 1 aromatic carbocycles. The second-order valence-corrected chi connectivity index (χ2v) is 5.99. The third kappa shape index (κ3) is 2.16. The quantitative estimate of drug-likeness (QED) is 0.600. The SMILES string of the molecule is O/N=C1/C[C@H]2CCCC[C@H]2C[C@]1(O)c1ccccc1. The molecule has 2 N–H and O–H groups in total. The fourth-order valence-corrected chi connectivity index (χ4v) is 3.86. The zero-order chi connectivity index (χ0) is 13.3. The summed E-state index contributed by atoms with van der Waals surface area (Å²) in [6.45, 7) is 0. The van der Waals surface area contributed by atoms with Crippen molar-refractivity contribution >= 4 is 5.71 Å². The van der Waals surface area contributed by atoms with E-state index in [2.05, 4.69) is 5.16 Å². The molecule has 0 aliphatic heterocycles. The van der Waals surface area contributed by atoms with E-state index in [0.29, 0.717) is 24.0 Å². The third-order valence-corrected chi connectivity index (χ3v) is 4.93. The molecule has 2 aliphatic carbocycles. The Balaban J connectivity index is 1.95. The summed E-state index contributed by atoms with van der Waals surface area (Å²) in [5, 5.41) is 23.8. The summed E-state index contributed by atoms with van der Waals surface area (Å²) in [4.78, 5) is 0. The topological polar surface area (TPSA) is 52.8 Å². The maximum Gasteiger partial charge on any atom is 0.131 e. The first-order valence-electron chi connectivity index (χ1n) is 7.23. The number of hydrogen-bond acceptors (Lipinski definition) is 3. The lowest BCUT2D eigenvalue weighted by Crippen LogP contribution is -2.46. The van der Waals surface area contributed by atoms with Crippen LogP contribution in [0.5, 0.6) is 0 Å². The number of fused-ring (bicyclic) bond motifs is 1. The Labute approximate surface area is 114 Å². The fourth-order valence-electron chi connectivity index (χ4n) is 3.86. The maximum absolute atomic E-state index is 11.1. The molecule has 3 atom stereocenters. The second-order valence-electron chi connectivity index (χ2n) is 5.99. The number of rotatable bonds is 1. The van der Waals surface area contributed by atoms with Gasteiger partial charge in [0.05, 0.1) is 5.71 Å². The molecule has 0 spiro atoms. The van der Waals surface area contributed by atoms with E-state index in [-0.39, 0.29) is 0 Å². The highest BCUT2D eigenvalue weighted by Crippen LogP contribution is 2.46. The average molecular weight is 259 g/mol. The maximum atomic E-state index is 11.1. The van der Waals surface area contributed by atoms with E-state index in [1.54, 1.807) is 0 Å². The van der Waals surface area contributed by atoms with Crippen LogP contribution in [0.15, 0.2) is 35.5 Å². The zero-order valence-corrected chi connectivity index (χ0v) is 11.1. The zero-order valence-electron chi connectivity index (χ0n) is 11.1. The molecule has 102 valence electrons. The van der Waals surface area contributed by atoms with Crippen molar-refractivity contribution < 1.29 is 10.3 Å². The fraction of sp³-hybridized carbons (Fsp3) is 0.562. The van der Waals surface area contributed by atoms with E-state index in [0.717, 1.165) is 12.0 Å². The van der Waals surface area contributed by atoms with Crippen molar-refractivity contribution in [2.45, 2.75) is 44.1 Å². The van der Waals surface area contributed by atoms with Gasteiger partial charge in [0.1, 0.15) is 5.60 Å². The third-order valence-electron chi connectivity index (χ3n) is 4.93. The van der Waals surface area contributed by atoms with Crippen LogP contribution in [-0.2, 0) is 5.60 Å². The number of hydrogen-bond donors (Lipinski definition) is 2. The van der Waals surface area contributed by atoms with Crippen molar-refractivity contribution in [2.24, 2.45) is 17.0 Å². The average Bonchev–Trinajstić information content (AvgIpc) is 2.47. The van der Waals surface area contributed by atoms with E-state index < -0.39 is 5.60 Å². The summed E-state index contributed by atoms with van der Waals surface area (Å²) >= 11 is 0. The molecule has 2 saturated carbocycles. The molecule has 0 saturated heterocycles. The highest BCUT2D eigenvalue weighted by atomic mass is 16.4. The Bertz CT molecular complexity index is 471. The molecular weight excluding hydrogens is 238 g/mol. The molecule has 0 radical (unpaired) electrons. The first-order chi connectivity index (χ1) is 9.24. The Kier molecular flexibility index (Phi) is 3.31. The molecule has 1 aromatic rings. The number of aliphatic hydroxyl groups is 1. The Morgan fingerprint density at radius 1 is 1.05 bits per heavy atom.